The molecule has 0 radical (unpaired) electrons. The Labute approximate surface area is 117 Å². The normalized spacial score (nSPS) is 16.4. The molecule has 1 aromatic rings. The molecule has 6 nitrogen and oxygen atoms in total. The van der Waals surface area contributed by atoms with Crippen molar-refractivity contribution in [1.29, 1.82) is 0 Å². The van der Waals surface area contributed by atoms with Gasteiger partial charge in [0.1, 0.15) is 5.69 Å². The lowest BCUT2D eigenvalue weighted by Gasteiger charge is -2.28. The van der Waals surface area contributed by atoms with Crippen molar-refractivity contribution < 1.29 is 45.6 Å². The quantitative estimate of drug-likeness (QED) is 0.627. The third-order valence-electron chi connectivity index (χ3n) is 2.41. The molecule has 0 spiro atoms. The molecule has 0 aliphatic carbocycles. The lowest BCUT2D eigenvalue weighted by atomic mass is 10.0. The number of anilines is 1. The van der Waals surface area contributed by atoms with Crippen LogP contribution in [0.15, 0.2) is 18.2 Å². The van der Waals surface area contributed by atoms with Gasteiger partial charge in [0.15, 0.2) is 0 Å². The molecule has 0 amide bonds. The number of alkyl halides is 6. The fourth-order valence-corrected chi connectivity index (χ4v) is 1.61. The zero-order valence-corrected chi connectivity index (χ0v) is 10.1. The highest BCUT2D eigenvalue weighted by Gasteiger charge is 2.47. The maximum absolute atomic E-state index is 13.0. The molecule has 120 valence electrons. The summed E-state index contributed by atoms with van der Waals surface area (Å²) in [6.45, 7) is 0. The van der Waals surface area contributed by atoms with E-state index in [4.69, 9.17) is 0 Å². The molecule has 1 N–H and O–H groups in total. The number of nitrogens with zero attached hydrogens (tertiary/aromatic N) is 1. The van der Waals surface area contributed by atoms with E-state index in [2.05, 4.69) is 9.68 Å². The smallest absolute Gasteiger partial charge is 0.338 e. The number of hydrazine groups is 1. The van der Waals surface area contributed by atoms with Crippen LogP contribution in [0, 0.1) is 0 Å². The number of hydrogen-bond acceptors (Lipinski definition) is 6. The van der Waals surface area contributed by atoms with Crippen molar-refractivity contribution in [3.63, 3.8) is 0 Å². The van der Waals surface area contributed by atoms with Gasteiger partial charge >= 0.3 is 24.3 Å². The summed E-state index contributed by atoms with van der Waals surface area (Å²) in [6.07, 6.45) is -10.7. The fraction of sp³-hybridized carbons (Fsp3) is 0.200. The Morgan fingerprint density at radius 3 is 2.09 bits per heavy atom. The monoisotopic (exact) mass is 330 g/mol. The van der Waals surface area contributed by atoms with Crippen LogP contribution in [0.5, 0.6) is 0 Å². The van der Waals surface area contributed by atoms with Crippen molar-refractivity contribution in [2.45, 2.75) is 12.4 Å². The molecule has 12 heteroatoms. The first-order valence-electron chi connectivity index (χ1n) is 5.28. The molecule has 22 heavy (non-hydrogen) atoms. The Kier molecular flexibility index (Phi) is 3.64. The summed E-state index contributed by atoms with van der Waals surface area (Å²) in [6, 6.07) is 1.47. The lowest BCUT2D eigenvalue weighted by molar-refractivity contribution is -0.193. The van der Waals surface area contributed by atoms with Gasteiger partial charge in [0, 0.05) is 0 Å². The minimum absolute atomic E-state index is 0.123. The van der Waals surface area contributed by atoms with Crippen molar-refractivity contribution in [2.75, 3.05) is 5.17 Å². The van der Waals surface area contributed by atoms with Crippen molar-refractivity contribution in [1.82, 2.24) is 5.59 Å². The Hall–Kier alpha value is -2.50. The third-order valence-corrected chi connectivity index (χ3v) is 2.41. The molecular formula is C10H4F6N2O4. The summed E-state index contributed by atoms with van der Waals surface area (Å²) in [5.41, 5.74) is -3.83. The maximum atomic E-state index is 13.0. The standard InChI is InChI=1S/C10H4F6N2O4/c11-9(12,13)4-2-1-3-5(6(4)10(14,15)16)18-17-21-7(19)8(20)22-18/h1-3,17H. The summed E-state index contributed by atoms with van der Waals surface area (Å²) in [5.74, 6) is -3.28. The van der Waals surface area contributed by atoms with Gasteiger partial charge < -0.3 is 9.68 Å². The van der Waals surface area contributed by atoms with E-state index < -0.39 is 41.1 Å². The predicted octanol–water partition coefficient (Wildman–Crippen LogP) is 1.97. The minimum atomic E-state index is -5.42. The van der Waals surface area contributed by atoms with Crippen molar-refractivity contribution in [2.24, 2.45) is 0 Å². The first kappa shape index (κ1) is 15.9. The number of carbonyl (C=O) groups is 2. The SMILES string of the molecule is O=C1ONN(c2cccc(C(F)(F)F)c2C(F)(F)F)OC1=O. The van der Waals surface area contributed by atoms with Gasteiger partial charge in [-0.2, -0.15) is 26.3 Å². The zero-order chi connectivity index (χ0) is 16.7. The predicted molar refractivity (Wildman–Crippen MR) is 54.2 cm³/mol. The Morgan fingerprint density at radius 2 is 1.59 bits per heavy atom. The van der Waals surface area contributed by atoms with Crippen LogP contribution in [0.2, 0.25) is 0 Å². The topological polar surface area (TPSA) is 67.9 Å². The molecule has 1 aromatic carbocycles. The second kappa shape index (κ2) is 5.05. The first-order chi connectivity index (χ1) is 10.0. The van der Waals surface area contributed by atoms with Crippen LogP contribution < -0.4 is 10.8 Å². The third kappa shape index (κ3) is 2.90. The van der Waals surface area contributed by atoms with Crippen LogP contribution in [0.25, 0.3) is 0 Å². The molecule has 0 atom stereocenters. The van der Waals surface area contributed by atoms with Gasteiger partial charge in [-0.15, -0.1) is 5.17 Å². The van der Waals surface area contributed by atoms with Crippen LogP contribution in [-0.2, 0) is 31.6 Å². The van der Waals surface area contributed by atoms with E-state index in [0.29, 0.717) is 12.1 Å². The van der Waals surface area contributed by atoms with Gasteiger partial charge in [-0.1, -0.05) is 6.07 Å². The molecule has 0 aromatic heterocycles. The molecule has 1 fully saturated rings. The van der Waals surface area contributed by atoms with E-state index in [1.807, 2.05) is 0 Å². The van der Waals surface area contributed by atoms with E-state index in [1.54, 1.807) is 0 Å². The molecule has 0 bridgehead atoms. The highest BCUT2D eigenvalue weighted by atomic mass is 19.4. The van der Waals surface area contributed by atoms with Crippen molar-refractivity contribution in [3.8, 4) is 0 Å². The second-order valence-electron chi connectivity index (χ2n) is 3.85. The summed E-state index contributed by atoms with van der Waals surface area (Å²) >= 11 is 0. The number of hydrogen-bond donors (Lipinski definition) is 1. The van der Waals surface area contributed by atoms with Crippen LogP contribution >= 0.6 is 0 Å². The van der Waals surface area contributed by atoms with Gasteiger partial charge in [-0.05, 0) is 17.7 Å². The minimum Gasteiger partial charge on any atom is -0.338 e. The highest BCUT2D eigenvalue weighted by molar-refractivity contribution is 6.30. The van der Waals surface area contributed by atoms with Crippen molar-refractivity contribution in [3.05, 3.63) is 29.3 Å². The molecular weight excluding hydrogens is 326 g/mol. The molecule has 0 unspecified atom stereocenters. The van der Waals surface area contributed by atoms with E-state index >= 15 is 0 Å². The molecule has 2 rings (SSSR count). The van der Waals surface area contributed by atoms with Gasteiger partial charge in [-0.25, -0.2) is 9.59 Å². The van der Waals surface area contributed by atoms with E-state index in [-0.39, 0.29) is 11.2 Å². The molecule has 1 aliphatic rings. The molecule has 1 aliphatic heterocycles. The van der Waals surface area contributed by atoms with Gasteiger partial charge in [0.2, 0.25) is 0 Å². The van der Waals surface area contributed by atoms with Gasteiger partial charge in [0.25, 0.3) is 0 Å². The summed E-state index contributed by atoms with van der Waals surface area (Å²) in [5, 5.41) is -0.123. The largest absolute Gasteiger partial charge is 0.444 e. The number of nitrogens with one attached hydrogen (secondary N) is 1. The number of carbonyl (C=O) groups excluding carboxylic acids is 2. The van der Waals surface area contributed by atoms with Gasteiger partial charge in [0.05, 0.1) is 11.1 Å². The highest BCUT2D eigenvalue weighted by Crippen LogP contribution is 2.44. The molecule has 0 saturated carbocycles. The van der Waals surface area contributed by atoms with E-state index in [0.717, 1.165) is 0 Å². The van der Waals surface area contributed by atoms with Gasteiger partial charge in [-0.3, -0.25) is 0 Å². The average Bonchev–Trinajstić information content (AvgIpc) is 2.39. The van der Waals surface area contributed by atoms with Crippen molar-refractivity contribution >= 4 is 17.6 Å². The van der Waals surface area contributed by atoms with Crippen LogP contribution in [0.3, 0.4) is 0 Å². The summed E-state index contributed by atoms with van der Waals surface area (Å²) in [4.78, 5) is 29.7. The van der Waals surface area contributed by atoms with Crippen LogP contribution in [0.4, 0.5) is 32.0 Å². The van der Waals surface area contributed by atoms with Crippen LogP contribution in [0.1, 0.15) is 11.1 Å². The summed E-state index contributed by atoms with van der Waals surface area (Å²) < 4.78 is 77.1. The number of benzene rings is 1. The average molecular weight is 330 g/mol. The maximum Gasteiger partial charge on any atom is 0.444 e. The van der Waals surface area contributed by atoms with E-state index in [9.17, 15) is 35.9 Å². The lowest BCUT2D eigenvalue weighted by Crippen LogP contribution is -2.50. The molecule has 1 heterocycles. The number of rotatable bonds is 1. The summed E-state index contributed by atoms with van der Waals surface area (Å²) in [7, 11) is 0. The first-order valence-corrected chi connectivity index (χ1v) is 5.28. The Bertz CT molecular complexity index is 627. The second-order valence-corrected chi connectivity index (χ2v) is 3.85. The Morgan fingerprint density at radius 1 is 0.955 bits per heavy atom. The molecule has 1 saturated heterocycles. The van der Waals surface area contributed by atoms with Crippen LogP contribution in [-0.4, -0.2) is 11.9 Å². The Balaban J connectivity index is 2.57. The van der Waals surface area contributed by atoms with E-state index in [1.165, 1.54) is 5.59 Å². The zero-order valence-electron chi connectivity index (χ0n) is 10.1. The fourth-order valence-electron chi connectivity index (χ4n) is 1.61. The number of halogens is 6.